The third-order valence-electron chi connectivity index (χ3n) is 5.30. The maximum absolute atomic E-state index is 13.6. The average molecular weight is 681 g/mol. The van der Waals surface area contributed by atoms with Crippen molar-refractivity contribution in [1.82, 2.24) is 19.7 Å². The van der Waals surface area contributed by atoms with Crippen molar-refractivity contribution in [2.75, 3.05) is 12.0 Å². The van der Waals surface area contributed by atoms with Crippen LogP contribution >= 0.6 is 0 Å². The Hall–Kier alpha value is -3.97. The molecule has 0 unspecified atom stereocenters. The van der Waals surface area contributed by atoms with Crippen LogP contribution in [0.1, 0.15) is 5.69 Å². The van der Waals surface area contributed by atoms with E-state index in [4.69, 9.17) is 4.74 Å². The normalized spacial score (nSPS) is 11.0. The molecule has 2 aromatic carbocycles. The first kappa shape index (κ1) is 26.1. The van der Waals surface area contributed by atoms with Crippen LogP contribution < -0.4 is 9.64 Å². The summed E-state index contributed by atoms with van der Waals surface area (Å²) in [5.41, 5.74) is 0.233. The largest absolute Gasteiger partial charge is 2.00 e. The van der Waals surface area contributed by atoms with E-state index in [1.165, 1.54) is 12.1 Å². The minimum atomic E-state index is -4.65. The number of benzene rings is 2. The number of para-hydroxylation sites is 1. The minimum absolute atomic E-state index is 0. The van der Waals surface area contributed by atoms with Crippen molar-refractivity contribution in [1.29, 1.82) is 0 Å². The zero-order valence-electron chi connectivity index (χ0n) is 19.3. The van der Waals surface area contributed by atoms with Crippen molar-refractivity contribution >= 4 is 17.3 Å². The van der Waals surface area contributed by atoms with Crippen LogP contribution in [0.25, 0.3) is 16.9 Å². The Labute approximate surface area is 225 Å². The number of anilines is 3. The zero-order valence-corrected chi connectivity index (χ0v) is 21.5. The molecule has 0 fully saturated rings. The van der Waals surface area contributed by atoms with E-state index in [0.29, 0.717) is 23.1 Å². The molecule has 0 saturated carbocycles. The molecule has 0 bridgehead atoms. The molecule has 0 atom stereocenters. The number of methoxy groups -OCH3 is 1. The molecule has 3 aromatic heterocycles. The van der Waals surface area contributed by atoms with Gasteiger partial charge in [-0.25, -0.2) is 0 Å². The summed E-state index contributed by atoms with van der Waals surface area (Å²) in [5, 5.41) is 4.68. The van der Waals surface area contributed by atoms with E-state index in [0.717, 1.165) is 11.9 Å². The molecule has 5 aromatic rings. The Morgan fingerprint density at radius 3 is 2.41 bits per heavy atom. The van der Waals surface area contributed by atoms with Crippen LogP contribution in [-0.4, -0.2) is 26.9 Å². The van der Waals surface area contributed by atoms with Crippen LogP contribution in [0.2, 0.25) is 0 Å². The second kappa shape index (κ2) is 11.0. The van der Waals surface area contributed by atoms with E-state index in [1.54, 1.807) is 59.3 Å². The quantitative estimate of drug-likeness (QED) is 0.194. The average Bonchev–Trinajstić information content (AvgIpc) is 3.39. The maximum atomic E-state index is 13.6. The van der Waals surface area contributed by atoms with Gasteiger partial charge in [-0.1, -0.05) is 23.9 Å². The van der Waals surface area contributed by atoms with Crippen molar-refractivity contribution in [2.24, 2.45) is 0 Å². The SMILES string of the molecule is COc1ccc(N(c2cccc(-c3[c-]ccnc3C(F)(F)F)n2)c2ccn(-c3[c-]cccc3)n2)cc1.[Pt+2]. The van der Waals surface area contributed by atoms with E-state index >= 15 is 0 Å². The molecule has 188 valence electrons. The van der Waals surface area contributed by atoms with Gasteiger partial charge in [0.25, 0.3) is 0 Å². The van der Waals surface area contributed by atoms with Gasteiger partial charge in [0.05, 0.1) is 12.8 Å². The van der Waals surface area contributed by atoms with Gasteiger partial charge in [-0.15, -0.1) is 18.2 Å². The summed E-state index contributed by atoms with van der Waals surface area (Å²) in [6, 6.07) is 28.3. The predicted molar refractivity (Wildman–Crippen MR) is 128 cm³/mol. The summed E-state index contributed by atoms with van der Waals surface area (Å²) >= 11 is 0. The van der Waals surface area contributed by atoms with E-state index in [-0.39, 0.29) is 32.3 Å². The summed E-state index contributed by atoms with van der Waals surface area (Å²) in [4.78, 5) is 9.83. The number of rotatable bonds is 6. The van der Waals surface area contributed by atoms with E-state index in [9.17, 15) is 13.2 Å². The molecular weight excluding hydrogens is 662 g/mol. The molecule has 3 heterocycles. The van der Waals surface area contributed by atoms with Gasteiger partial charge in [-0.05, 0) is 41.7 Å². The number of nitrogens with zero attached hydrogens (tertiary/aromatic N) is 5. The van der Waals surface area contributed by atoms with Crippen LogP contribution in [0.3, 0.4) is 0 Å². The van der Waals surface area contributed by atoms with Crippen LogP contribution in [0.5, 0.6) is 5.75 Å². The Balaban J connectivity index is 0.00000320. The van der Waals surface area contributed by atoms with Gasteiger partial charge in [0.1, 0.15) is 11.6 Å². The second-order valence-corrected chi connectivity index (χ2v) is 7.59. The Kier molecular flexibility index (Phi) is 7.74. The third kappa shape index (κ3) is 5.57. The number of aromatic nitrogens is 4. The summed E-state index contributed by atoms with van der Waals surface area (Å²) in [6.45, 7) is 0. The fourth-order valence-corrected chi connectivity index (χ4v) is 3.67. The van der Waals surface area contributed by atoms with Crippen molar-refractivity contribution in [3.63, 3.8) is 0 Å². The van der Waals surface area contributed by atoms with Crippen molar-refractivity contribution in [3.8, 4) is 22.7 Å². The topological polar surface area (TPSA) is 56.1 Å². The van der Waals surface area contributed by atoms with Crippen molar-refractivity contribution in [3.05, 3.63) is 109 Å². The molecule has 10 heteroatoms. The standard InChI is InChI=1S/C27H18F3N5O.Pt/c1-36-21-14-12-20(13-15-21)35(25-16-18-34(33-25)19-7-3-2-4-8-19)24-11-5-10-23(32-24)22-9-6-17-31-26(22)27(28,29)30;/h2-7,10-18H,1H3;/q-2;+2. The fourth-order valence-electron chi connectivity index (χ4n) is 3.67. The van der Waals surface area contributed by atoms with Crippen LogP contribution in [0.15, 0.2) is 91.3 Å². The first-order chi connectivity index (χ1) is 17.4. The fraction of sp³-hybridized carbons (Fsp3) is 0.0741. The first-order valence-electron chi connectivity index (χ1n) is 10.8. The molecule has 37 heavy (non-hydrogen) atoms. The molecule has 0 aliphatic rings. The van der Waals surface area contributed by atoms with E-state index in [2.05, 4.69) is 27.2 Å². The van der Waals surface area contributed by atoms with Gasteiger partial charge < -0.3 is 9.72 Å². The van der Waals surface area contributed by atoms with Crippen LogP contribution in [0.4, 0.5) is 30.5 Å². The number of pyridine rings is 2. The Bertz CT molecular complexity index is 1470. The summed E-state index contributed by atoms with van der Waals surface area (Å²) in [6.07, 6.45) is -1.81. The third-order valence-corrected chi connectivity index (χ3v) is 5.30. The van der Waals surface area contributed by atoms with E-state index < -0.39 is 11.9 Å². The van der Waals surface area contributed by atoms with Gasteiger partial charge in [0, 0.05) is 18.0 Å². The van der Waals surface area contributed by atoms with Crippen molar-refractivity contribution < 1.29 is 39.0 Å². The molecule has 0 aliphatic heterocycles. The van der Waals surface area contributed by atoms with Gasteiger partial charge >= 0.3 is 27.2 Å². The molecule has 6 nitrogen and oxygen atoms in total. The number of hydrogen-bond donors (Lipinski definition) is 0. The van der Waals surface area contributed by atoms with Gasteiger partial charge in [0.2, 0.25) is 0 Å². The molecule has 0 radical (unpaired) electrons. The summed E-state index contributed by atoms with van der Waals surface area (Å²) in [5.74, 6) is 1.53. The maximum Gasteiger partial charge on any atom is 2.00 e. The molecule has 0 saturated heterocycles. The number of alkyl halides is 3. The van der Waals surface area contributed by atoms with Crippen molar-refractivity contribution in [2.45, 2.75) is 6.18 Å². The van der Waals surface area contributed by atoms with Gasteiger partial charge in [-0.2, -0.15) is 42.5 Å². The molecule has 5 rings (SSSR count). The van der Waals surface area contributed by atoms with Crippen LogP contribution in [0, 0.1) is 12.1 Å². The molecule has 0 aliphatic carbocycles. The predicted octanol–water partition coefficient (Wildman–Crippen LogP) is 6.42. The number of ether oxygens (including phenoxy) is 1. The molecule has 0 spiro atoms. The molecule has 0 N–H and O–H groups in total. The molecule has 0 amide bonds. The smallest absolute Gasteiger partial charge is 0.497 e. The molecular formula is C27H18F3N5OPt. The van der Waals surface area contributed by atoms with E-state index in [1.807, 2.05) is 30.3 Å². The Morgan fingerprint density at radius 1 is 0.892 bits per heavy atom. The van der Waals surface area contributed by atoms with Gasteiger partial charge in [-0.3, -0.25) is 14.6 Å². The number of halogens is 3. The van der Waals surface area contributed by atoms with Gasteiger partial charge in [0.15, 0.2) is 5.82 Å². The first-order valence-corrected chi connectivity index (χ1v) is 10.8. The Morgan fingerprint density at radius 2 is 1.70 bits per heavy atom. The summed E-state index contributed by atoms with van der Waals surface area (Å²) in [7, 11) is 1.57. The number of hydrogen-bond acceptors (Lipinski definition) is 5. The zero-order chi connectivity index (χ0) is 25.1. The minimum Gasteiger partial charge on any atom is -0.497 e. The monoisotopic (exact) mass is 680 g/mol. The van der Waals surface area contributed by atoms with Crippen LogP contribution in [-0.2, 0) is 27.2 Å². The second-order valence-electron chi connectivity index (χ2n) is 7.59. The summed E-state index contributed by atoms with van der Waals surface area (Å²) < 4.78 is 47.8.